The second-order valence-corrected chi connectivity index (χ2v) is 9.01. The molecule has 7 N–H and O–H groups in total. The molecule has 4 aromatic rings. The summed E-state index contributed by atoms with van der Waals surface area (Å²) in [5.74, 6) is 0.401. The highest BCUT2D eigenvalue weighted by Gasteiger charge is 2.26. The molecule has 18 nitrogen and oxygen atoms in total. The summed E-state index contributed by atoms with van der Waals surface area (Å²) in [7, 11) is -4.58. The molecule has 4 heterocycles. The largest absolute Gasteiger partial charge is 0.472 e. The van der Waals surface area contributed by atoms with Crippen LogP contribution in [-0.4, -0.2) is 92.8 Å². The minimum absolute atomic E-state index is 0.0992. The van der Waals surface area contributed by atoms with E-state index in [1.165, 1.54) is 34.4 Å². The fourth-order valence-electron chi connectivity index (χ4n) is 3.06. The average molecular weight is 540 g/mol. The van der Waals surface area contributed by atoms with Gasteiger partial charge in [0.2, 0.25) is 0 Å². The SMILES string of the molecule is Nc1ncnc2c1ncn2COC(CO)COP(=O)(O)OCC(CO)OCn1cnc2c(N)ncnc21. The summed E-state index contributed by atoms with van der Waals surface area (Å²) in [6.07, 6.45) is 3.44. The zero-order chi connectivity index (χ0) is 26.4. The molecule has 2 unspecified atom stereocenters. The van der Waals surface area contributed by atoms with E-state index in [1.807, 2.05) is 0 Å². The molecule has 200 valence electrons. The van der Waals surface area contributed by atoms with Crippen molar-refractivity contribution in [2.75, 3.05) is 37.9 Å². The first kappa shape index (κ1) is 26.7. The Balaban J connectivity index is 1.24. The van der Waals surface area contributed by atoms with E-state index in [1.54, 1.807) is 0 Å². The van der Waals surface area contributed by atoms with Gasteiger partial charge in [0.15, 0.2) is 22.9 Å². The van der Waals surface area contributed by atoms with Crippen LogP contribution in [-0.2, 0) is 36.5 Å². The van der Waals surface area contributed by atoms with Crippen LogP contribution in [0, 0.1) is 0 Å². The molecule has 0 amide bonds. The number of nitrogens with two attached hydrogens (primary N) is 2. The van der Waals surface area contributed by atoms with Crippen molar-refractivity contribution < 1.29 is 38.2 Å². The number of hydrogen-bond acceptors (Lipinski definition) is 15. The third-order valence-electron chi connectivity index (χ3n) is 5.01. The molecule has 0 fully saturated rings. The van der Waals surface area contributed by atoms with Gasteiger partial charge >= 0.3 is 7.82 Å². The topological polar surface area (TPSA) is 254 Å². The summed E-state index contributed by atoms with van der Waals surface area (Å²) in [6, 6.07) is 0. The van der Waals surface area contributed by atoms with Crippen molar-refractivity contribution in [3.63, 3.8) is 0 Å². The lowest BCUT2D eigenvalue weighted by Gasteiger charge is -2.20. The first-order valence-electron chi connectivity index (χ1n) is 10.7. The predicted octanol–water partition coefficient (Wildman–Crippen LogP) is -1.37. The number of aliphatic hydroxyl groups excluding tert-OH is 2. The number of rotatable bonds is 14. The first-order valence-corrected chi connectivity index (χ1v) is 12.2. The fourth-order valence-corrected chi connectivity index (χ4v) is 3.84. The average Bonchev–Trinajstić information content (AvgIpc) is 3.50. The van der Waals surface area contributed by atoms with E-state index in [2.05, 4.69) is 29.9 Å². The summed E-state index contributed by atoms with van der Waals surface area (Å²) in [5.41, 5.74) is 13.1. The minimum Gasteiger partial charge on any atom is -0.394 e. The van der Waals surface area contributed by atoms with Crippen molar-refractivity contribution in [2.24, 2.45) is 0 Å². The van der Waals surface area contributed by atoms with E-state index in [4.69, 9.17) is 30.0 Å². The number of hydrogen-bond donors (Lipinski definition) is 5. The second kappa shape index (κ2) is 11.8. The van der Waals surface area contributed by atoms with Gasteiger partial charge in [-0.05, 0) is 0 Å². The number of fused-ring (bicyclic) bond motifs is 2. The number of ether oxygens (including phenoxy) is 2. The molecule has 0 saturated heterocycles. The van der Waals surface area contributed by atoms with Crippen molar-refractivity contribution in [2.45, 2.75) is 25.7 Å². The van der Waals surface area contributed by atoms with Gasteiger partial charge in [-0.3, -0.25) is 18.2 Å². The Labute approximate surface area is 208 Å². The highest BCUT2D eigenvalue weighted by Crippen LogP contribution is 2.43. The van der Waals surface area contributed by atoms with Crippen LogP contribution in [0.4, 0.5) is 11.6 Å². The molecular weight excluding hydrogens is 515 g/mol. The predicted molar refractivity (Wildman–Crippen MR) is 125 cm³/mol. The zero-order valence-corrected chi connectivity index (χ0v) is 20.2. The molecule has 0 radical (unpaired) electrons. The van der Waals surface area contributed by atoms with Crippen molar-refractivity contribution in [3.8, 4) is 0 Å². The van der Waals surface area contributed by atoms with Gasteiger partial charge in [0.25, 0.3) is 0 Å². The van der Waals surface area contributed by atoms with Crippen LogP contribution in [0.15, 0.2) is 25.3 Å². The number of nitrogens with zero attached hydrogens (tertiary/aromatic N) is 8. The van der Waals surface area contributed by atoms with E-state index in [0.717, 1.165) is 0 Å². The lowest BCUT2D eigenvalue weighted by molar-refractivity contribution is -0.0612. The first-order chi connectivity index (χ1) is 17.8. The molecule has 0 aliphatic rings. The third kappa shape index (κ3) is 6.51. The molecule has 19 heteroatoms. The molecular formula is C18H25N10O8P. The number of aromatic nitrogens is 8. The van der Waals surface area contributed by atoms with Crippen LogP contribution in [0.2, 0.25) is 0 Å². The fraction of sp³-hybridized carbons (Fsp3) is 0.444. The van der Waals surface area contributed by atoms with Gasteiger partial charge in [-0.25, -0.2) is 34.5 Å². The van der Waals surface area contributed by atoms with Crippen LogP contribution >= 0.6 is 7.82 Å². The Hall–Kier alpha value is -3.35. The molecule has 0 bridgehead atoms. The van der Waals surface area contributed by atoms with Gasteiger partial charge in [0.1, 0.15) is 49.4 Å². The summed E-state index contributed by atoms with van der Waals surface area (Å²) < 4.78 is 36.2. The van der Waals surface area contributed by atoms with Gasteiger partial charge in [0.05, 0.1) is 39.1 Å². The normalized spacial score (nSPS) is 15.2. The number of aliphatic hydroxyl groups is 2. The maximum atomic E-state index is 12.3. The standard InChI is InChI=1S/C18H25N10O8P/c19-15-13-17(23-5-21-15)27(7-25-13)9-33-11(1-29)3-35-37(31,32)36-4-12(2-30)34-10-28-8-26-14-16(20)22-6-24-18(14)28/h5-8,11-12,29-30H,1-4,9-10H2,(H,31,32)(H2,19,21,23)(H2,20,22,24). The van der Waals surface area contributed by atoms with Crippen LogP contribution in [0.3, 0.4) is 0 Å². The van der Waals surface area contributed by atoms with E-state index in [-0.39, 0.29) is 25.1 Å². The second-order valence-electron chi connectivity index (χ2n) is 7.55. The molecule has 4 aromatic heterocycles. The molecule has 0 saturated carbocycles. The van der Waals surface area contributed by atoms with Crippen LogP contribution in [0.25, 0.3) is 22.3 Å². The van der Waals surface area contributed by atoms with E-state index in [9.17, 15) is 19.7 Å². The van der Waals surface area contributed by atoms with Gasteiger partial charge in [0, 0.05) is 0 Å². The van der Waals surface area contributed by atoms with E-state index >= 15 is 0 Å². The van der Waals surface area contributed by atoms with Gasteiger partial charge in [-0.15, -0.1) is 0 Å². The number of anilines is 2. The third-order valence-corrected chi connectivity index (χ3v) is 5.96. The molecule has 0 aromatic carbocycles. The number of phosphoric ester groups is 1. The minimum atomic E-state index is -4.58. The van der Waals surface area contributed by atoms with E-state index < -0.39 is 46.5 Å². The van der Waals surface area contributed by atoms with Gasteiger partial charge in [-0.2, -0.15) is 0 Å². The highest BCUT2D eigenvalue weighted by atomic mass is 31.2. The smallest absolute Gasteiger partial charge is 0.394 e. The Kier molecular flexibility index (Phi) is 8.52. The van der Waals surface area contributed by atoms with Gasteiger partial charge < -0.3 is 36.0 Å². The van der Waals surface area contributed by atoms with Crippen LogP contribution < -0.4 is 11.5 Å². The summed E-state index contributed by atoms with van der Waals surface area (Å²) >= 11 is 0. The van der Waals surface area contributed by atoms with Crippen molar-refractivity contribution >= 4 is 41.8 Å². The molecule has 4 rings (SSSR count). The van der Waals surface area contributed by atoms with Crippen molar-refractivity contribution in [1.82, 2.24) is 39.0 Å². The summed E-state index contributed by atoms with van der Waals surface area (Å²) in [4.78, 5) is 34.0. The Morgan fingerprint density at radius 2 is 1.22 bits per heavy atom. The van der Waals surface area contributed by atoms with Gasteiger partial charge in [-0.1, -0.05) is 0 Å². The Morgan fingerprint density at radius 1 is 0.784 bits per heavy atom. The monoisotopic (exact) mass is 540 g/mol. The molecule has 2 atom stereocenters. The quantitative estimate of drug-likeness (QED) is 0.116. The van der Waals surface area contributed by atoms with Crippen LogP contribution in [0.5, 0.6) is 0 Å². The number of phosphoric acid groups is 1. The van der Waals surface area contributed by atoms with Crippen molar-refractivity contribution in [1.29, 1.82) is 0 Å². The summed E-state index contributed by atoms with van der Waals surface area (Å²) in [6.45, 7) is -2.17. The Bertz CT molecular complexity index is 1280. The zero-order valence-electron chi connectivity index (χ0n) is 19.3. The molecule has 37 heavy (non-hydrogen) atoms. The lowest BCUT2D eigenvalue weighted by Crippen LogP contribution is -2.27. The highest BCUT2D eigenvalue weighted by molar-refractivity contribution is 7.47. The van der Waals surface area contributed by atoms with Crippen LogP contribution in [0.1, 0.15) is 0 Å². The maximum Gasteiger partial charge on any atom is 0.472 e. The molecule has 0 aliphatic carbocycles. The van der Waals surface area contributed by atoms with Crippen molar-refractivity contribution in [3.05, 3.63) is 25.3 Å². The molecule has 0 spiro atoms. The Morgan fingerprint density at radius 3 is 1.62 bits per heavy atom. The number of nitrogen functional groups attached to an aromatic ring is 2. The molecule has 0 aliphatic heterocycles. The summed E-state index contributed by atoms with van der Waals surface area (Å²) in [5, 5.41) is 19.1. The maximum absolute atomic E-state index is 12.3. The number of imidazole rings is 2. The lowest BCUT2D eigenvalue weighted by atomic mass is 10.4. The van der Waals surface area contributed by atoms with E-state index in [0.29, 0.717) is 22.3 Å².